The molecular formula is C23H33N3O5. The van der Waals surface area contributed by atoms with Crippen molar-refractivity contribution in [1.82, 2.24) is 15.5 Å². The summed E-state index contributed by atoms with van der Waals surface area (Å²) in [5, 5.41) is 5.61. The van der Waals surface area contributed by atoms with Crippen LogP contribution in [0, 0.1) is 0 Å². The SMILES string of the molecule is CCCCNC(=O)CC[C@H]1NC(=O)N(CC2(c3ccc(OC)cc3)CCOCC2)C1=O. The van der Waals surface area contributed by atoms with Gasteiger partial charge in [0.15, 0.2) is 0 Å². The van der Waals surface area contributed by atoms with Crippen molar-refractivity contribution in [2.45, 2.75) is 56.9 Å². The zero-order valence-electron chi connectivity index (χ0n) is 18.4. The summed E-state index contributed by atoms with van der Waals surface area (Å²) in [4.78, 5) is 38.9. The van der Waals surface area contributed by atoms with Crippen LogP contribution in [-0.2, 0) is 19.7 Å². The van der Waals surface area contributed by atoms with E-state index in [1.54, 1.807) is 7.11 Å². The normalized spacial score (nSPS) is 20.5. The number of carbonyl (C=O) groups is 3. The number of nitrogens with one attached hydrogen (secondary N) is 2. The summed E-state index contributed by atoms with van der Waals surface area (Å²) in [5.74, 6) is 0.414. The molecule has 0 aliphatic carbocycles. The van der Waals surface area contributed by atoms with E-state index in [4.69, 9.17) is 9.47 Å². The van der Waals surface area contributed by atoms with Crippen molar-refractivity contribution in [3.8, 4) is 5.75 Å². The van der Waals surface area contributed by atoms with Crippen LogP contribution >= 0.6 is 0 Å². The molecule has 0 unspecified atom stereocenters. The second kappa shape index (κ2) is 10.6. The number of benzene rings is 1. The van der Waals surface area contributed by atoms with Gasteiger partial charge in [-0.2, -0.15) is 0 Å². The summed E-state index contributed by atoms with van der Waals surface area (Å²) in [6.45, 7) is 4.16. The second-order valence-corrected chi connectivity index (χ2v) is 8.29. The fraction of sp³-hybridized carbons (Fsp3) is 0.609. The minimum atomic E-state index is -0.655. The molecule has 2 fully saturated rings. The maximum absolute atomic E-state index is 13.0. The van der Waals surface area contributed by atoms with Crippen LogP contribution in [0.25, 0.3) is 0 Å². The molecule has 8 nitrogen and oxygen atoms in total. The smallest absolute Gasteiger partial charge is 0.324 e. The predicted molar refractivity (Wildman–Crippen MR) is 116 cm³/mol. The van der Waals surface area contributed by atoms with E-state index in [0.29, 0.717) is 32.7 Å². The third-order valence-corrected chi connectivity index (χ3v) is 6.23. The molecule has 4 amide bonds. The highest BCUT2D eigenvalue weighted by Gasteiger charge is 2.44. The highest BCUT2D eigenvalue weighted by Crippen LogP contribution is 2.37. The Morgan fingerprint density at radius 3 is 2.61 bits per heavy atom. The van der Waals surface area contributed by atoms with Gasteiger partial charge in [-0.05, 0) is 43.4 Å². The lowest BCUT2D eigenvalue weighted by Crippen LogP contribution is -2.47. The number of ether oxygens (including phenoxy) is 2. The van der Waals surface area contributed by atoms with E-state index < -0.39 is 6.04 Å². The van der Waals surface area contributed by atoms with Crippen molar-refractivity contribution in [2.75, 3.05) is 33.4 Å². The maximum atomic E-state index is 13.0. The van der Waals surface area contributed by atoms with Crippen LogP contribution in [0.4, 0.5) is 4.79 Å². The fourth-order valence-corrected chi connectivity index (χ4v) is 4.24. The molecule has 0 saturated carbocycles. The summed E-state index contributed by atoms with van der Waals surface area (Å²) in [6.07, 6.45) is 3.90. The topological polar surface area (TPSA) is 97.0 Å². The van der Waals surface area contributed by atoms with Crippen molar-refractivity contribution in [3.63, 3.8) is 0 Å². The molecule has 2 aliphatic heterocycles. The zero-order valence-corrected chi connectivity index (χ0v) is 18.4. The Morgan fingerprint density at radius 1 is 1.26 bits per heavy atom. The first-order chi connectivity index (χ1) is 15.0. The predicted octanol–water partition coefficient (Wildman–Crippen LogP) is 2.36. The van der Waals surface area contributed by atoms with Gasteiger partial charge in [0.05, 0.1) is 7.11 Å². The van der Waals surface area contributed by atoms with Gasteiger partial charge in [-0.15, -0.1) is 0 Å². The van der Waals surface area contributed by atoms with E-state index in [0.717, 1.165) is 37.0 Å². The first-order valence-electron chi connectivity index (χ1n) is 11.1. The fourth-order valence-electron chi connectivity index (χ4n) is 4.24. The van der Waals surface area contributed by atoms with Gasteiger partial charge in [-0.25, -0.2) is 4.79 Å². The number of hydrogen-bond donors (Lipinski definition) is 2. The van der Waals surface area contributed by atoms with Crippen LogP contribution < -0.4 is 15.4 Å². The van der Waals surface area contributed by atoms with Crippen LogP contribution in [-0.4, -0.2) is 62.2 Å². The van der Waals surface area contributed by atoms with Crippen molar-refractivity contribution in [1.29, 1.82) is 0 Å². The van der Waals surface area contributed by atoms with Crippen molar-refractivity contribution in [2.24, 2.45) is 0 Å². The molecule has 31 heavy (non-hydrogen) atoms. The molecule has 0 radical (unpaired) electrons. The Balaban J connectivity index is 1.66. The summed E-state index contributed by atoms with van der Waals surface area (Å²) in [7, 11) is 1.62. The average Bonchev–Trinajstić information content (AvgIpc) is 3.06. The van der Waals surface area contributed by atoms with Gasteiger partial charge >= 0.3 is 6.03 Å². The summed E-state index contributed by atoms with van der Waals surface area (Å²) in [6, 6.07) is 6.76. The van der Waals surface area contributed by atoms with E-state index in [2.05, 4.69) is 17.6 Å². The number of imide groups is 1. The van der Waals surface area contributed by atoms with Crippen LogP contribution in [0.5, 0.6) is 5.75 Å². The lowest BCUT2D eigenvalue weighted by atomic mass is 9.73. The quantitative estimate of drug-likeness (QED) is 0.438. The van der Waals surface area contributed by atoms with E-state index in [9.17, 15) is 14.4 Å². The summed E-state index contributed by atoms with van der Waals surface area (Å²) < 4.78 is 10.8. The number of hydrogen-bond acceptors (Lipinski definition) is 5. The van der Waals surface area contributed by atoms with Gasteiger partial charge in [0, 0.05) is 38.1 Å². The van der Waals surface area contributed by atoms with Crippen molar-refractivity contribution >= 4 is 17.8 Å². The van der Waals surface area contributed by atoms with E-state index in [1.165, 1.54) is 4.90 Å². The molecule has 1 atom stereocenters. The van der Waals surface area contributed by atoms with E-state index in [1.807, 2.05) is 24.3 Å². The number of carbonyl (C=O) groups excluding carboxylic acids is 3. The number of amides is 4. The van der Waals surface area contributed by atoms with Gasteiger partial charge in [0.25, 0.3) is 5.91 Å². The molecule has 2 heterocycles. The third kappa shape index (κ3) is 5.55. The maximum Gasteiger partial charge on any atom is 0.324 e. The van der Waals surface area contributed by atoms with E-state index >= 15 is 0 Å². The largest absolute Gasteiger partial charge is 0.497 e. The number of rotatable bonds is 10. The zero-order chi connectivity index (χ0) is 22.3. The Bertz CT molecular complexity index is 774. The van der Waals surface area contributed by atoms with Crippen LogP contribution in [0.1, 0.15) is 51.0 Å². The van der Waals surface area contributed by atoms with Gasteiger partial charge in [-0.3, -0.25) is 14.5 Å². The number of methoxy groups -OCH3 is 1. The molecular weight excluding hydrogens is 398 g/mol. The highest BCUT2D eigenvalue weighted by atomic mass is 16.5. The Hall–Kier alpha value is -2.61. The summed E-state index contributed by atoms with van der Waals surface area (Å²) >= 11 is 0. The molecule has 2 aliphatic rings. The molecule has 8 heteroatoms. The molecule has 2 saturated heterocycles. The number of urea groups is 1. The first kappa shape index (κ1) is 23.1. The number of nitrogens with zero attached hydrogens (tertiary/aromatic N) is 1. The monoisotopic (exact) mass is 431 g/mol. The number of unbranched alkanes of at least 4 members (excludes halogenated alkanes) is 1. The lowest BCUT2D eigenvalue weighted by molar-refractivity contribution is -0.129. The standard InChI is InChI=1S/C23H33N3O5/c1-3-4-13-24-20(27)10-9-19-21(28)26(22(29)25-19)16-23(11-14-31-15-12-23)17-5-7-18(30-2)8-6-17/h5-8,19H,3-4,9-16H2,1-2H3,(H,24,27)(H,25,29)/t19-/m1/s1. The molecule has 2 N–H and O–H groups in total. The van der Waals surface area contributed by atoms with Gasteiger partial charge < -0.3 is 20.1 Å². The average molecular weight is 432 g/mol. The minimum Gasteiger partial charge on any atom is -0.497 e. The Kier molecular flexibility index (Phi) is 7.90. The first-order valence-corrected chi connectivity index (χ1v) is 11.1. The van der Waals surface area contributed by atoms with Crippen molar-refractivity contribution in [3.05, 3.63) is 29.8 Å². The summed E-state index contributed by atoms with van der Waals surface area (Å²) in [5.41, 5.74) is 0.708. The Morgan fingerprint density at radius 2 is 1.97 bits per heavy atom. The van der Waals surface area contributed by atoms with Crippen LogP contribution in [0.15, 0.2) is 24.3 Å². The third-order valence-electron chi connectivity index (χ3n) is 6.23. The van der Waals surface area contributed by atoms with E-state index in [-0.39, 0.29) is 29.7 Å². The molecule has 0 aromatic heterocycles. The van der Waals surface area contributed by atoms with Crippen molar-refractivity contribution < 1.29 is 23.9 Å². The molecule has 1 aromatic rings. The molecule has 0 bridgehead atoms. The minimum absolute atomic E-state index is 0.0897. The highest BCUT2D eigenvalue weighted by molar-refractivity contribution is 6.04. The molecule has 1 aromatic carbocycles. The Labute approximate surface area is 183 Å². The van der Waals surface area contributed by atoms with Gasteiger partial charge in [0.1, 0.15) is 11.8 Å². The lowest BCUT2D eigenvalue weighted by Gasteiger charge is -2.39. The second-order valence-electron chi connectivity index (χ2n) is 8.29. The van der Waals surface area contributed by atoms with Gasteiger partial charge in [-0.1, -0.05) is 25.5 Å². The van der Waals surface area contributed by atoms with Gasteiger partial charge in [0.2, 0.25) is 5.91 Å². The molecule has 3 rings (SSSR count). The van der Waals surface area contributed by atoms with Crippen LogP contribution in [0.3, 0.4) is 0 Å². The van der Waals surface area contributed by atoms with Crippen LogP contribution in [0.2, 0.25) is 0 Å². The molecule has 170 valence electrons. The molecule has 0 spiro atoms.